The van der Waals surface area contributed by atoms with Gasteiger partial charge >= 0.3 is 5.97 Å². The lowest BCUT2D eigenvalue weighted by Gasteiger charge is -2.17. The van der Waals surface area contributed by atoms with Crippen LogP contribution in [0.5, 0.6) is 5.75 Å². The van der Waals surface area contributed by atoms with Gasteiger partial charge in [-0.2, -0.15) is 0 Å². The molecular formula is C25H27N3O4. The number of hydrogen-bond acceptors (Lipinski definition) is 6. The molecule has 32 heavy (non-hydrogen) atoms. The minimum Gasteiger partial charge on any atom is -0.507 e. The maximum atomic E-state index is 12.7. The molecule has 1 amide bonds. The summed E-state index contributed by atoms with van der Waals surface area (Å²) in [6.45, 7) is 1.05. The molecule has 3 aromatic rings. The number of amides is 1. The zero-order chi connectivity index (χ0) is 22.9. The number of hydrogen-bond donors (Lipinski definition) is 4. The molecule has 1 atom stereocenters. The minimum absolute atomic E-state index is 0.0739. The van der Waals surface area contributed by atoms with E-state index < -0.39 is 17.9 Å². The van der Waals surface area contributed by atoms with Crippen molar-refractivity contribution in [3.63, 3.8) is 0 Å². The van der Waals surface area contributed by atoms with Crippen molar-refractivity contribution in [3.8, 4) is 5.75 Å². The van der Waals surface area contributed by atoms with Crippen molar-refractivity contribution in [3.05, 3.63) is 95.1 Å². The highest BCUT2D eigenvalue weighted by atomic mass is 16.5. The highest BCUT2D eigenvalue weighted by molar-refractivity contribution is 5.99. The maximum absolute atomic E-state index is 12.7. The first-order valence-corrected chi connectivity index (χ1v) is 10.3. The molecule has 0 aliphatic rings. The Balaban J connectivity index is 1.65. The molecule has 5 N–H and O–H groups in total. The van der Waals surface area contributed by atoms with Gasteiger partial charge in [-0.1, -0.05) is 54.6 Å². The van der Waals surface area contributed by atoms with Gasteiger partial charge in [0.25, 0.3) is 5.91 Å². The monoisotopic (exact) mass is 433 g/mol. The fraction of sp³-hybridized carbons (Fsp3) is 0.200. The van der Waals surface area contributed by atoms with E-state index in [2.05, 4.69) is 10.6 Å². The van der Waals surface area contributed by atoms with E-state index in [-0.39, 0.29) is 17.7 Å². The van der Waals surface area contributed by atoms with Crippen molar-refractivity contribution in [1.29, 1.82) is 0 Å². The summed E-state index contributed by atoms with van der Waals surface area (Å²) in [7, 11) is 1.27. The predicted molar refractivity (Wildman–Crippen MR) is 123 cm³/mol. The number of nitrogens with two attached hydrogens (primary N) is 1. The zero-order valence-corrected chi connectivity index (χ0v) is 17.9. The number of benzene rings is 3. The summed E-state index contributed by atoms with van der Waals surface area (Å²) in [6, 6.07) is 21.0. The van der Waals surface area contributed by atoms with E-state index in [0.29, 0.717) is 18.8 Å². The van der Waals surface area contributed by atoms with Gasteiger partial charge in [-0.05, 0) is 28.8 Å². The number of phenolic OH excluding ortho intramolecular Hbond substituents is 1. The topological polar surface area (TPSA) is 114 Å². The Morgan fingerprint density at radius 2 is 1.66 bits per heavy atom. The Kier molecular flexibility index (Phi) is 7.83. The third-order valence-corrected chi connectivity index (χ3v) is 5.07. The second-order valence-electron chi connectivity index (χ2n) is 7.35. The van der Waals surface area contributed by atoms with Gasteiger partial charge in [-0.25, -0.2) is 4.79 Å². The number of anilines is 1. The van der Waals surface area contributed by atoms with E-state index >= 15 is 0 Å². The van der Waals surface area contributed by atoms with Crippen LogP contribution in [0, 0.1) is 0 Å². The average molecular weight is 434 g/mol. The van der Waals surface area contributed by atoms with Crippen molar-refractivity contribution in [2.45, 2.75) is 25.6 Å². The first-order chi connectivity index (χ1) is 15.5. The number of phenols is 1. The number of esters is 1. The third-order valence-electron chi connectivity index (χ3n) is 5.07. The predicted octanol–water partition coefficient (Wildman–Crippen LogP) is 2.98. The molecular weight excluding hydrogens is 406 g/mol. The number of nitrogens with one attached hydrogen (secondary N) is 2. The van der Waals surface area contributed by atoms with Crippen LogP contribution in [-0.4, -0.2) is 30.1 Å². The largest absolute Gasteiger partial charge is 0.507 e. The summed E-state index contributed by atoms with van der Waals surface area (Å²) in [5, 5.41) is 16.3. The normalized spacial score (nSPS) is 11.4. The molecule has 0 heterocycles. The van der Waals surface area contributed by atoms with Gasteiger partial charge in [0.05, 0.1) is 12.7 Å². The van der Waals surface area contributed by atoms with Crippen molar-refractivity contribution in [1.82, 2.24) is 5.32 Å². The van der Waals surface area contributed by atoms with E-state index in [0.717, 1.165) is 16.7 Å². The number of carbonyl (C=O) groups excluding carboxylic acids is 2. The van der Waals surface area contributed by atoms with Crippen LogP contribution < -0.4 is 16.4 Å². The Hall–Kier alpha value is -3.84. The SMILES string of the molecule is COC(=O)[C@H](Cc1ccccc1)NC(=O)c1ccc(NCc2ccc(CN)cc2)cc1O. The summed E-state index contributed by atoms with van der Waals surface area (Å²) in [5.74, 6) is -1.30. The number of rotatable bonds is 9. The zero-order valence-electron chi connectivity index (χ0n) is 17.9. The smallest absolute Gasteiger partial charge is 0.328 e. The van der Waals surface area contributed by atoms with Crippen LogP contribution >= 0.6 is 0 Å². The molecule has 0 unspecified atom stereocenters. The number of aromatic hydroxyl groups is 1. The molecule has 0 saturated carbocycles. The molecule has 7 nitrogen and oxygen atoms in total. The molecule has 3 rings (SSSR count). The summed E-state index contributed by atoms with van der Waals surface area (Å²) in [4.78, 5) is 24.9. The fourth-order valence-corrected chi connectivity index (χ4v) is 3.25. The van der Waals surface area contributed by atoms with E-state index in [1.165, 1.54) is 19.2 Å². The Morgan fingerprint density at radius 3 is 2.28 bits per heavy atom. The second kappa shape index (κ2) is 11.0. The second-order valence-corrected chi connectivity index (χ2v) is 7.35. The molecule has 0 aromatic heterocycles. The van der Waals surface area contributed by atoms with E-state index in [4.69, 9.17) is 10.5 Å². The van der Waals surface area contributed by atoms with Crippen LogP contribution in [0.4, 0.5) is 5.69 Å². The molecule has 0 aliphatic carbocycles. The minimum atomic E-state index is -0.872. The lowest BCUT2D eigenvalue weighted by Crippen LogP contribution is -2.43. The van der Waals surface area contributed by atoms with E-state index in [1.807, 2.05) is 54.6 Å². The van der Waals surface area contributed by atoms with Gasteiger partial charge < -0.3 is 26.2 Å². The molecule has 0 saturated heterocycles. The van der Waals surface area contributed by atoms with Crippen LogP contribution in [0.15, 0.2) is 72.8 Å². The Labute approximate surface area is 187 Å². The number of carbonyl (C=O) groups is 2. The molecule has 0 fully saturated rings. The van der Waals surface area contributed by atoms with Crippen LogP contribution in [0.1, 0.15) is 27.0 Å². The molecule has 7 heteroatoms. The van der Waals surface area contributed by atoms with Crippen molar-refractivity contribution >= 4 is 17.6 Å². The third kappa shape index (κ3) is 6.09. The average Bonchev–Trinajstić information content (AvgIpc) is 2.82. The summed E-state index contributed by atoms with van der Waals surface area (Å²) in [5.41, 5.74) is 9.34. The lowest BCUT2D eigenvalue weighted by molar-refractivity contribution is -0.142. The van der Waals surface area contributed by atoms with Gasteiger partial charge in [0.15, 0.2) is 0 Å². The summed E-state index contributed by atoms with van der Waals surface area (Å²) in [6.07, 6.45) is 0.280. The van der Waals surface area contributed by atoms with Crippen LogP contribution in [-0.2, 0) is 29.0 Å². The number of ether oxygens (including phenoxy) is 1. The van der Waals surface area contributed by atoms with Gasteiger partial charge in [0.1, 0.15) is 11.8 Å². The fourth-order valence-electron chi connectivity index (χ4n) is 3.25. The van der Waals surface area contributed by atoms with Crippen molar-refractivity contribution < 1.29 is 19.4 Å². The lowest BCUT2D eigenvalue weighted by atomic mass is 10.1. The van der Waals surface area contributed by atoms with E-state index in [1.54, 1.807) is 6.07 Å². The molecule has 0 bridgehead atoms. The van der Waals surface area contributed by atoms with Crippen LogP contribution in [0.2, 0.25) is 0 Å². The van der Waals surface area contributed by atoms with Crippen LogP contribution in [0.3, 0.4) is 0 Å². The maximum Gasteiger partial charge on any atom is 0.328 e. The molecule has 3 aromatic carbocycles. The molecule has 166 valence electrons. The van der Waals surface area contributed by atoms with Crippen LogP contribution in [0.25, 0.3) is 0 Å². The summed E-state index contributed by atoms with van der Waals surface area (Å²) >= 11 is 0. The molecule has 0 radical (unpaired) electrons. The first-order valence-electron chi connectivity index (χ1n) is 10.3. The highest BCUT2D eigenvalue weighted by Gasteiger charge is 2.24. The van der Waals surface area contributed by atoms with Gasteiger partial charge in [0.2, 0.25) is 0 Å². The Morgan fingerprint density at radius 1 is 0.969 bits per heavy atom. The number of methoxy groups -OCH3 is 1. The molecule has 0 spiro atoms. The van der Waals surface area contributed by atoms with Gasteiger partial charge in [0, 0.05) is 31.3 Å². The summed E-state index contributed by atoms with van der Waals surface area (Å²) < 4.78 is 4.83. The first kappa shape index (κ1) is 22.8. The molecule has 0 aliphatic heterocycles. The van der Waals surface area contributed by atoms with Crippen molar-refractivity contribution in [2.24, 2.45) is 5.73 Å². The quantitative estimate of drug-likeness (QED) is 0.386. The van der Waals surface area contributed by atoms with Gasteiger partial charge in [-0.3, -0.25) is 4.79 Å². The van der Waals surface area contributed by atoms with Crippen molar-refractivity contribution in [2.75, 3.05) is 12.4 Å². The Bertz CT molecular complexity index is 1050. The van der Waals surface area contributed by atoms with Gasteiger partial charge in [-0.15, -0.1) is 0 Å². The van der Waals surface area contributed by atoms with E-state index in [9.17, 15) is 14.7 Å². The standard InChI is InChI=1S/C25H27N3O4/c1-32-25(31)22(13-17-5-3-2-4-6-17)28-24(30)21-12-11-20(14-23(21)29)27-16-19-9-7-18(15-26)8-10-19/h2-12,14,22,27,29H,13,15-16,26H2,1H3,(H,28,30)/t22-/m0/s1. The highest BCUT2D eigenvalue weighted by Crippen LogP contribution is 2.23.